The zero-order valence-electron chi connectivity index (χ0n) is 6.31. The van der Waals surface area contributed by atoms with Crippen molar-refractivity contribution in [3.63, 3.8) is 0 Å². The third-order valence-corrected chi connectivity index (χ3v) is 1.10. The van der Waals surface area contributed by atoms with E-state index in [1.54, 1.807) is 6.29 Å². The summed E-state index contributed by atoms with van der Waals surface area (Å²) < 4.78 is 0. The standard InChI is InChI=1S/C7H12NO2/c1-3-4-7(5-9)8-6(2)10/h7H,3-4H2,1-2H3,(H,8,10). The van der Waals surface area contributed by atoms with Crippen LogP contribution in [-0.2, 0) is 9.59 Å². The van der Waals surface area contributed by atoms with Crippen molar-refractivity contribution in [2.24, 2.45) is 0 Å². The lowest BCUT2D eigenvalue weighted by Gasteiger charge is -2.07. The van der Waals surface area contributed by atoms with Crippen LogP contribution in [-0.4, -0.2) is 18.2 Å². The van der Waals surface area contributed by atoms with Gasteiger partial charge >= 0.3 is 0 Å². The number of hydrogen-bond acceptors (Lipinski definition) is 2. The van der Waals surface area contributed by atoms with Crippen LogP contribution in [0.2, 0.25) is 0 Å². The summed E-state index contributed by atoms with van der Waals surface area (Å²) in [5.74, 6) is -0.179. The molecule has 0 aromatic carbocycles. The van der Waals surface area contributed by atoms with Gasteiger partial charge in [0.15, 0.2) is 0 Å². The van der Waals surface area contributed by atoms with Crippen molar-refractivity contribution in [3.05, 3.63) is 0 Å². The molecule has 3 heteroatoms. The summed E-state index contributed by atoms with van der Waals surface area (Å²) in [6.45, 7) is 3.34. The predicted octanol–water partition coefficient (Wildman–Crippen LogP) is 0.401. The predicted molar refractivity (Wildman–Crippen MR) is 38.2 cm³/mol. The van der Waals surface area contributed by atoms with Gasteiger partial charge < -0.3 is 5.32 Å². The van der Waals surface area contributed by atoms with Crippen molar-refractivity contribution in [3.8, 4) is 0 Å². The van der Waals surface area contributed by atoms with Crippen molar-refractivity contribution in [2.75, 3.05) is 0 Å². The molecular weight excluding hydrogens is 130 g/mol. The van der Waals surface area contributed by atoms with Crippen LogP contribution in [0.1, 0.15) is 26.7 Å². The number of carbonyl (C=O) groups is 1. The first-order chi connectivity index (χ1) is 4.70. The van der Waals surface area contributed by atoms with E-state index in [0.29, 0.717) is 6.42 Å². The summed E-state index contributed by atoms with van der Waals surface area (Å²) in [5.41, 5.74) is 0. The molecule has 3 nitrogen and oxygen atoms in total. The van der Waals surface area contributed by atoms with Gasteiger partial charge in [-0.3, -0.25) is 9.59 Å². The van der Waals surface area contributed by atoms with E-state index < -0.39 is 6.04 Å². The molecule has 0 aliphatic rings. The minimum atomic E-state index is -0.414. The quantitative estimate of drug-likeness (QED) is 0.617. The summed E-state index contributed by atoms with van der Waals surface area (Å²) in [4.78, 5) is 20.5. The Balaban J connectivity index is 3.59. The number of rotatable bonds is 4. The molecule has 0 aromatic heterocycles. The van der Waals surface area contributed by atoms with Crippen LogP contribution in [0.5, 0.6) is 0 Å². The zero-order chi connectivity index (χ0) is 7.98. The molecule has 10 heavy (non-hydrogen) atoms. The zero-order valence-corrected chi connectivity index (χ0v) is 6.31. The lowest BCUT2D eigenvalue weighted by Crippen LogP contribution is -2.33. The van der Waals surface area contributed by atoms with E-state index in [-0.39, 0.29) is 5.91 Å². The van der Waals surface area contributed by atoms with Crippen LogP contribution >= 0.6 is 0 Å². The third-order valence-electron chi connectivity index (χ3n) is 1.10. The average Bonchev–Trinajstić information content (AvgIpc) is 1.86. The Labute approximate surface area is 60.8 Å². The highest BCUT2D eigenvalue weighted by Crippen LogP contribution is 1.91. The van der Waals surface area contributed by atoms with E-state index >= 15 is 0 Å². The van der Waals surface area contributed by atoms with E-state index in [2.05, 4.69) is 5.32 Å². The van der Waals surface area contributed by atoms with Crippen LogP contribution < -0.4 is 5.32 Å². The molecular formula is C7H12NO2. The van der Waals surface area contributed by atoms with Crippen LogP contribution in [0, 0.1) is 0 Å². The highest BCUT2D eigenvalue weighted by molar-refractivity contribution is 5.77. The van der Waals surface area contributed by atoms with Crippen molar-refractivity contribution in [2.45, 2.75) is 32.7 Å². The molecule has 1 unspecified atom stereocenters. The first-order valence-electron chi connectivity index (χ1n) is 3.35. The molecule has 0 bridgehead atoms. The van der Waals surface area contributed by atoms with E-state index in [9.17, 15) is 9.59 Å². The SMILES string of the molecule is CCCC([C]=O)NC(C)=O. The van der Waals surface area contributed by atoms with Crippen molar-refractivity contribution >= 4 is 12.2 Å². The second-order valence-corrected chi connectivity index (χ2v) is 2.16. The van der Waals surface area contributed by atoms with Crippen LogP contribution in [0.4, 0.5) is 0 Å². The molecule has 0 fully saturated rings. The first-order valence-corrected chi connectivity index (χ1v) is 3.35. The lowest BCUT2D eigenvalue weighted by molar-refractivity contribution is -0.119. The Bertz CT molecular complexity index is 123. The fraction of sp³-hybridized carbons (Fsp3) is 0.714. The number of carbonyl (C=O) groups excluding carboxylic acids is 2. The molecule has 1 atom stereocenters. The van der Waals surface area contributed by atoms with E-state index in [0.717, 1.165) is 6.42 Å². The molecule has 0 saturated heterocycles. The van der Waals surface area contributed by atoms with Gasteiger partial charge in [-0.15, -0.1) is 0 Å². The Morgan fingerprint density at radius 1 is 1.70 bits per heavy atom. The van der Waals surface area contributed by atoms with Crippen LogP contribution in [0.25, 0.3) is 0 Å². The molecule has 0 heterocycles. The van der Waals surface area contributed by atoms with Gasteiger partial charge in [0.1, 0.15) is 0 Å². The van der Waals surface area contributed by atoms with Crippen LogP contribution in [0.3, 0.4) is 0 Å². The molecule has 0 aliphatic carbocycles. The van der Waals surface area contributed by atoms with Gasteiger partial charge in [-0.2, -0.15) is 0 Å². The summed E-state index contributed by atoms with van der Waals surface area (Å²) in [7, 11) is 0. The van der Waals surface area contributed by atoms with Gasteiger partial charge in [0.25, 0.3) is 0 Å². The Morgan fingerprint density at radius 3 is 2.60 bits per heavy atom. The van der Waals surface area contributed by atoms with Crippen molar-refractivity contribution in [1.82, 2.24) is 5.32 Å². The van der Waals surface area contributed by atoms with Crippen LogP contribution in [0.15, 0.2) is 0 Å². The maximum Gasteiger partial charge on any atom is 0.222 e. The summed E-state index contributed by atoms with van der Waals surface area (Å²) >= 11 is 0. The van der Waals surface area contributed by atoms with Gasteiger partial charge in [-0.1, -0.05) is 13.3 Å². The number of nitrogens with one attached hydrogen (secondary N) is 1. The Hall–Kier alpha value is -0.860. The Morgan fingerprint density at radius 2 is 2.30 bits per heavy atom. The monoisotopic (exact) mass is 142 g/mol. The highest BCUT2D eigenvalue weighted by Gasteiger charge is 2.06. The fourth-order valence-corrected chi connectivity index (χ4v) is 0.695. The minimum Gasteiger partial charge on any atom is -0.346 e. The molecule has 0 spiro atoms. The molecule has 0 saturated carbocycles. The van der Waals surface area contributed by atoms with E-state index in [1.807, 2.05) is 6.92 Å². The fourth-order valence-electron chi connectivity index (χ4n) is 0.695. The number of amides is 1. The third kappa shape index (κ3) is 4.06. The summed E-state index contributed by atoms with van der Waals surface area (Å²) in [5, 5.41) is 2.47. The topological polar surface area (TPSA) is 46.2 Å². The maximum atomic E-state index is 10.4. The molecule has 0 aromatic rings. The van der Waals surface area contributed by atoms with E-state index in [1.165, 1.54) is 6.92 Å². The molecule has 1 radical (unpaired) electrons. The minimum absolute atomic E-state index is 0.179. The first kappa shape index (κ1) is 9.14. The molecule has 0 rings (SSSR count). The summed E-state index contributed by atoms with van der Waals surface area (Å²) in [6.07, 6.45) is 3.30. The van der Waals surface area contributed by atoms with Crippen molar-refractivity contribution < 1.29 is 9.59 Å². The van der Waals surface area contributed by atoms with Gasteiger partial charge in [0, 0.05) is 6.92 Å². The molecule has 1 amide bonds. The number of hydrogen-bond donors (Lipinski definition) is 1. The normalized spacial score (nSPS) is 12.2. The van der Waals surface area contributed by atoms with Gasteiger partial charge in [-0.25, -0.2) is 0 Å². The molecule has 0 aliphatic heterocycles. The molecule has 1 N–H and O–H groups in total. The van der Waals surface area contributed by atoms with Gasteiger partial charge in [0.05, 0.1) is 6.04 Å². The van der Waals surface area contributed by atoms with Crippen molar-refractivity contribution in [1.29, 1.82) is 0 Å². The highest BCUT2D eigenvalue weighted by atomic mass is 16.2. The van der Waals surface area contributed by atoms with Gasteiger partial charge in [-0.05, 0) is 6.42 Å². The average molecular weight is 142 g/mol. The Kier molecular flexibility index (Phi) is 4.54. The largest absolute Gasteiger partial charge is 0.346 e. The second kappa shape index (κ2) is 4.97. The molecule has 57 valence electrons. The van der Waals surface area contributed by atoms with Gasteiger partial charge in [0.2, 0.25) is 12.2 Å². The summed E-state index contributed by atoms with van der Waals surface area (Å²) in [6, 6.07) is -0.414. The smallest absolute Gasteiger partial charge is 0.222 e. The second-order valence-electron chi connectivity index (χ2n) is 2.16. The maximum absolute atomic E-state index is 10.4. The lowest BCUT2D eigenvalue weighted by atomic mass is 10.2. The van der Waals surface area contributed by atoms with E-state index in [4.69, 9.17) is 0 Å².